The highest BCUT2D eigenvalue weighted by Gasteiger charge is 2.26. The van der Waals surface area contributed by atoms with Gasteiger partial charge in [-0.15, -0.1) is 6.58 Å². The van der Waals surface area contributed by atoms with Crippen LogP contribution in [0.4, 0.5) is 5.88 Å². The van der Waals surface area contributed by atoms with Gasteiger partial charge in [0, 0.05) is 31.7 Å². The first-order valence-electron chi connectivity index (χ1n) is 10.7. The number of rotatable bonds is 12. The van der Waals surface area contributed by atoms with Crippen LogP contribution in [-0.4, -0.2) is 73.9 Å². The van der Waals surface area contributed by atoms with Crippen LogP contribution >= 0.6 is 0 Å². The van der Waals surface area contributed by atoms with E-state index < -0.39 is 6.10 Å². The maximum Gasteiger partial charge on any atom is 0.232 e. The molecule has 0 radical (unpaired) electrons. The zero-order valence-corrected chi connectivity index (χ0v) is 17.8. The molecule has 0 bridgehead atoms. The van der Waals surface area contributed by atoms with Gasteiger partial charge in [0.1, 0.15) is 5.69 Å². The zero-order chi connectivity index (χ0) is 21.2. The number of hydrogen-bond acceptors (Lipinski definition) is 7. The summed E-state index contributed by atoms with van der Waals surface area (Å²) in [4.78, 5) is 4.44. The predicted octanol–water partition coefficient (Wildman–Crippen LogP) is 2.95. The first-order chi connectivity index (χ1) is 14.7. The van der Waals surface area contributed by atoms with Gasteiger partial charge < -0.3 is 24.0 Å². The number of aliphatic hydroxyl groups is 1. The van der Waals surface area contributed by atoms with E-state index in [4.69, 9.17) is 14.0 Å². The number of hydrogen-bond donors (Lipinski definition) is 1. The first-order valence-corrected chi connectivity index (χ1v) is 10.7. The van der Waals surface area contributed by atoms with Gasteiger partial charge in [-0.3, -0.25) is 4.90 Å². The smallest absolute Gasteiger partial charge is 0.232 e. The molecule has 164 valence electrons. The Morgan fingerprint density at radius 3 is 2.77 bits per heavy atom. The van der Waals surface area contributed by atoms with Crippen molar-refractivity contribution < 1.29 is 19.1 Å². The monoisotopic (exact) mass is 415 g/mol. The van der Waals surface area contributed by atoms with Gasteiger partial charge in [-0.1, -0.05) is 48.5 Å². The van der Waals surface area contributed by atoms with Gasteiger partial charge in [0.05, 0.1) is 38.1 Å². The number of nitrogens with zero attached hydrogens (tertiary/aromatic N) is 3. The van der Waals surface area contributed by atoms with Crippen molar-refractivity contribution in [1.29, 1.82) is 0 Å². The molecule has 0 aliphatic carbocycles. The number of ether oxygens (including phenoxy) is 2. The van der Waals surface area contributed by atoms with Gasteiger partial charge in [-0.05, 0) is 13.0 Å². The molecule has 7 heteroatoms. The van der Waals surface area contributed by atoms with Crippen molar-refractivity contribution in [3.63, 3.8) is 0 Å². The topological polar surface area (TPSA) is 71.2 Å². The molecule has 2 heterocycles. The second-order valence-electron chi connectivity index (χ2n) is 7.50. The fraction of sp³-hybridized carbons (Fsp3) is 0.522. The molecule has 0 amide bonds. The van der Waals surface area contributed by atoms with Crippen LogP contribution < -0.4 is 4.90 Å². The van der Waals surface area contributed by atoms with E-state index in [9.17, 15) is 5.11 Å². The molecule has 2 aromatic rings. The largest absolute Gasteiger partial charge is 0.389 e. The molecule has 1 aromatic carbocycles. The van der Waals surface area contributed by atoms with Gasteiger partial charge in [-0.2, -0.15) is 0 Å². The Bertz CT molecular complexity index is 759. The lowest BCUT2D eigenvalue weighted by Crippen LogP contribution is -2.38. The average molecular weight is 416 g/mol. The zero-order valence-electron chi connectivity index (χ0n) is 17.8. The van der Waals surface area contributed by atoms with Crippen LogP contribution in [0.2, 0.25) is 0 Å². The summed E-state index contributed by atoms with van der Waals surface area (Å²) in [5.74, 6) is 0.802. The Kier molecular flexibility index (Phi) is 8.89. The van der Waals surface area contributed by atoms with E-state index in [-0.39, 0.29) is 6.61 Å². The van der Waals surface area contributed by atoms with Crippen molar-refractivity contribution in [2.24, 2.45) is 0 Å². The molecule has 1 aliphatic heterocycles. The summed E-state index contributed by atoms with van der Waals surface area (Å²) in [5, 5.41) is 14.9. The second-order valence-corrected chi connectivity index (χ2v) is 7.50. The quantitative estimate of drug-likeness (QED) is 0.422. The van der Waals surface area contributed by atoms with Gasteiger partial charge in [0.15, 0.2) is 0 Å². The van der Waals surface area contributed by atoms with Crippen molar-refractivity contribution in [1.82, 2.24) is 10.1 Å². The summed E-state index contributed by atoms with van der Waals surface area (Å²) in [7, 11) is 0. The van der Waals surface area contributed by atoms with Crippen LogP contribution in [-0.2, 0) is 16.0 Å². The van der Waals surface area contributed by atoms with Crippen LogP contribution in [0.1, 0.15) is 18.9 Å². The SMILES string of the molecule is C=CCOCC(O)CN(CCC)Cc1c(-c2ccccc2)noc1N1CCOCC1. The van der Waals surface area contributed by atoms with Crippen molar-refractivity contribution >= 4 is 5.88 Å². The summed E-state index contributed by atoms with van der Waals surface area (Å²) in [6, 6.07) is 10.1. The van der Waals surface area contributed by atoms with Gasteiger partial charge in [0.25, 0.3) is 0 Å². The van der Waals surface area contributed by atoms with Gasteiger partial charge in [0.2, 0.25) is 5.88 Å². The van der Waals surface area contributed by atoms with Crippen molar-refractivity contribution in [3.05, 3.63) is 48.6 Å². The summed E-state index contributed by atoms with van der Waals surface area (Å²) >= 11 is 0. The Hall–Kier alpha value is -2.19. The molecule has 1 N–H and O–H groups in total. The highest BCUT2D eigenvalue weighted by molar-refractivity contribution is 5.68. The van der Waals surface area contributed by atoms with Gasteiger partial charge >= 0.3 is 0 Å². The minimum atomic E-state index is -0.566. The van der Waals surface area contributed by atoms with Gasteiger partial charge in [-0.25, -0.2) is 0 Å². The lowest BCUT2D eigenvalue weighted by molar-refractivity contribution is 0.0246. The summed E-state index contributed by atoms with van der Waals surface area (Å²) in [5.41, 5.74) is 2.94. The molecular formula is C23H33N3O4. The lowest BCUT2D eigenvalue weighted by Gasteiger charge is -2.29. The normalized spacial score (nSPS) is 15.5. The fourth-order valence-electron chi connectivity index (χ4n) is 3.69. The maximum atomic E-state index is 10.4. The Morgan fingerprint density at radius 1 is 1.30 bits per heavy atom. The molecule has 3 rings (SSSR count). The number of morpholine rings is 1. The molecule has 7 nitrogen and oxygen atoms in total. The predicted molar refractivity (Wildman–Crippen MR) is 118 cm³/mol. The highest BCUT2D eigenvalue weighted by atomic mass is 16.5. The molecule has 30 heavy (non-hydrogen) atoms. The highest BCUT2D eigenvalue weighted by Crippen LogP contribution is 2.33. The van der Waals surface area contributed by atoms with Crippen LogP contribution in [0, 0.1) is 0 Å². The van der Waals surface area contributed by atoms with E-state index in [1.54, 1.807) is 6.08 Å². The minimum absolute atomic E-state index is 0.289. The lowest BCUT2D eigenvalue weighted by atomic mass is 10.1. The third-order valence-corrected chi connectivity index (χ3v) is 5.05. The Morgan fingerprint density at radius 2 is 2.07 bits per heavy atom. The van der Waals surface area contributed by atoms with E-state index >= 15 is 0 Å². The van der Waals surface area contributed by atoms with Crippen molar-refractivity contribution in [2.75, 3.05) is 57.5 Å². The van der Waals surface area contributed by atoms with E-state index in [2.05, 4.69) is 28.5 Å². The van der Waals surface area contributed by atoms with Crippen LogP contribution in [0.15, 0.2) is 47.5 Å². The van der Waals surface area contributed by atoms with E-state index in [0.717, 1.165) is 48.8 Å². The molecular weight excluding hydrogens is 382 g/mol. The molecule has 0 spiro atoms. The van der Waals surface area contributed by atoms with E-state index in [1.165, 1.54) is 0 Å². The number of aliphatic hydroxyl groups excluding tert-OH is 1. The molecule has 1 aromatic heterocycles. The van der Waals surface area contributed by atoms with E-state index in [0.29, 0.717) is 32.9 Å². The first kappa shape index (κ1) is 22.5. The molecule has 1 fully saturated rings. The minimum Gasteiger partial charge on any atom is -0.389 e. The average Bonchev–Trinajstić information content (AvgIpc) is 3.19. The maximum absolute atomic E-state index is 10.4. The summed E-state index contributed by atoms with van der Waals surface area (Å²) in [6.07, 6.45) is 2.11. The number of benzene rings is 1. The van der Waals surface area contributed by atoms with Crippen LogP contribution in [0.3, 0.4) is 0 Å². The van der Waals surface area contributed by atoms with Crippen molar-refractivity contribution in [2.45, 2.75) is 26.0 Å². The fourth-order valence-corrected chi connectivity index (χ4v) is 3.69. The second kappa shape index (κ2) is 11.9. The Labute approximate surface area is 178 Å². The summed E-state index contributed by atoms with van der Waals surface area (Å²) in [6.45, 7) is 11.5. The summed E-state index contributed by atoms with van der Waals surface area (Å²) < 4.78 is 16.8. The van der Waals surface area contributed by atoms with Crippen LogP contribution in [0.25, 0.3) is 11.3 Å². The third kappa shape index (κ3) is 6.15. The number of aromatic nitrogens is 1. The molecule has 1 aliphatic rings. The standard InChI is InChI=1S/C23H33N3O4/c1-3-10-25(16-20(27)18-29-13-4-2)17-21-22(19-8-6-5-7-9-19)24-30-23(21)26-11-14-28-15-12-26/h4-9,20,27H,2-3,10-18H2,1H3. The number of anilines is 1. The molecule has 1 saturated heterocycles. The van der Waals surface area contributed by atoms with Crippen molar-refractivity contribution in [3.8, 4) is 11.3 Å². The third-order valence-electron chi connectivity index (χ3n) is 5.05. The Balaban J connectivity index is 1.82. The molecule has 0 saturated carbocycles. The van der Waals surface area contributed by atoms with Crippen LogP contribution in [0.5, 0.6) is 0 Å². The molecule has 1 unspecified atom stereocenters. The molecule has 1 atom stereocenters. The van der Waals surface area contributed by atoms with E-state index in [1.807, 2.05) is 30.3 Å².